The Morgan fingerprint density at radius 1 is 1.26 bits per heavy atom. The van der Waals surface area contributed by atoms with E-state index in [-0.39, 0.29) is 0 Å². The second kappa shape index (κ2) is 6.38. The fourth-order valence-corrected chi connectivity index (χ4v) is 1.78. The lowest BCUT2D eigenvalue weighted by Gasteiger charge is -2.11. The van der Waals surface area contributed by atoms with E-state index in [0.29, 0.717) is 24.1 Å². The van der Waals surface area contributed by atoms with Crippen molar-refractivity contribution in [3.8, 4) is 5.75 Å². The maximum absolute atomic E-state index is 5.96. The van der Waals surface area contributed by atoms with Crippen LogP contribution in [0.1, 0.15) is 18.1 Å². The first-order chi connectivity index (χ1) is 9.19. The predicted molar refractivity (Wildman–Crippen MR) is 76.7 cm³/mol. The number of hydrogen-bond acceptors (Lipinski definition) is 4. The average molecular weight is 278 g/mol. The van der Waals surface area contributed by atoms with Gasteiger partial charge in [0.1, 0.15) is 5.75 Å². The van der Waals surface area contributed by atoms with Gasteiger partial charge in [-0.25, -0.2) is 9.97 Å². The van der Waals surface area contributed by atoms with Gasteiger partial charge in [0.2, 0.25) is 5.95 Å². The van der Waals surface area contributed by atoms with Gasteiger partial charge in [-0.1, -0.05) is 17.7 Å². The molecule has 0 unspecified atom stereocenters. The van der Waals surface area contributed by atoms with Crippen molar-refractivity contribution < 1.29 is 4.74 Å². The Morgan fingerprint density at radius 3 is 2.68 bits per heavy atom. The number of halogens is 1. The zero-order valence-electron chi connectivity index (χ0n) is 11.0. The Hall–Kier alpha value is -1.81. The number of anilines is 1. The fraction of sp³-hybridized carbons (Fsp3) is 0.286. The second-order valence-corrected chi connectivity index (χ2v) is 4.56. The first-order valence-corrected chi connectivity index (χ1v) is 6.50. The number of rotatable bonds is 5. The van der Waals surface area contributed by atoms with E-state index in [9.17, 15) is 0 Å². The molecule has 2 rings (SSSR count). The maximum Gasteiger partial charge on any atom is 0.222 e. The van der Waals surface area contributed by atoms with Gasteiger partial charge in [-0.05, 0) is 31.5 Å². The zero-order valence-corrected chi connectivity index (χ0v) is 11.7. The van der Waals surface area contributed by atoms with Crippen molar-refractivity contribution in [2.75, 3.05) is 11.9 Å². The molecule has 4 nitrogen and oxygen atoms in total. The minimum absolute atomic E-state index is 0.593. The molecule has 1 heterocycles. The molecular weight excluding hydrogens is 262 g/mol. The summed E-state index contributed by atoms with van der Waals surface area (Å²) < 4.78 is 5.56. The largest absolute Gasteiger partial charge is 0.493 e. The summed E-state index contributed by atoms with van der Waals surface area (Å²) in [7, 11) is 0. The lowest BCUT2D eigenvalue weighted by molar-refractivity contribution is 0.337. The molecule has 0 saturated carbocycles. The van der Waals surface area contributed by atoms with Gasteiger partial charge in [-0.15, -0.1) is 0 Å². The number of ether oxygens (including phenoxy) is 1. The summed E-state index contributed by atoms with van der Waals surface area (Å²) in [6.45, 7) is 5.10. The van der Waals surface area contributed by atoms with Crippen LogP contribution in [0.3, 0.4) is 0 Å². The molecule has 1 aromatic heterocycles. The number of benzene rings is 1. The van der Waals surface area contributed by atoms with E-state index in [1.54, 1.807) is 12.4 Å². The van der Waals surface area contributed by atoms with Gasteiger partial charge < -0.3 is 10.1 Å². The Labute approximate surface area is 117 Å². The van der Waals surface area contributed by atoms with E-state index in [0.717, 1.165) is 16.9 Å². The molecule has 0 aliphatic carbocycles. The van der Waals surface area contributed by atoms with Crippen LogP contribution < -0.4 is 10.1 Å². The Balaban J connectivity index is 2.08. The minimum Gasteiger partial charge on any atom is -0.493 e. The predicted octanol–water partition coefficient (Wildman–Crippen LogP) is 3.45. The van der Waals surface area contributed by atoms with Crippen LogP contribution >= 0.6 is 11.6 Å². The van der Waals surface area contributed by atoms with Gasteiger partial charge >= 0.3 is 0 Å². The molecule has 0 bridgehead atoms. The number of hydrogen-bond donors (Lipinski definition) is 1. The molecule has 0 atom stereocenters. The van der Waals surface area contributed by atoms with Crippen LogP contribution in [0.15, 0.2) is 30.6 Å². The van der Waals surface area contributed by atoms with Crippen LogP contribution in [-0.2, 0) is 6.54 Å². The lowest BCUT2D eigenvalue weighted by Crippen LogP contribution is -2.05. The normalized spacial score (nSPS) is 10.3. The van der Waals surface area contributed by atoms with E-state index in [2.05, 4.69) is 15.3 Å². The molecule has 0 fully saturated rings. The van der Waals surface area contributed by atoms with Crippen molar-refractivity contribution in [3.05, 3.63) is 46.7 Å². The van der Waals surface area contributed by atoms with Crippen LogP contribution in [0.5, 0.6) is 5.75 Å². The van der Waals surface area contributed by atoms with E-state index in [1.807, 2.05) is 32.0 Å². The van der Waals surface area contributed by atoms with Crippen LogP contribution in [-0.4, -0.2) is 16.6 Å². The van der Waals surface area contributed by atoms with Crippen molar-refractivity contribution in [2.45, 2.75) is 20.4 Å². The van der Waals surface area contributed by atoms with Gasteiger partial charge in [0.05, 0.1) is 6.61 Å². The highest BCUT2D eigenvalue weighted by molar-refractivity contribution is 6.30. The average Bonchev–Trinajstić information content (AvgIpc) is 2.40. The maximum atomic E-state index is 5.96. The molecule has 0 aliphatic heterocycles. The number of nitrogens with one attached hydrogen (secondary N) is 1. The molecule has 0 saturated heterocycles. The van der Waals surface area contributed by atoms with Gasteiger partial charge in [0, 0.05) is 29.5 Å². The van der Waals surface area contributed by atoms with Gasteiger partial charge in [0.25, 0.3) is 0 Å². The summed E-state index contributed by atoms with van der Waals surface area (Å²) in [5, 5.41) is 3.83. The smallest absolute Gasteiger partial charge is 0.222 e. The third kappa shape index (κ3) is 3.83. The minimum atomic E-state index is 0.593. The Bertz CT molecular complexity index is 543. The summed E-state index contributed by atoms with van der Waals surface area (Å²) in [5.74, 6) is 1.39. The third-order valence-electron chi connectivity index (χ3n) is 2.55. The quantitative estimate of drug-likeness (QED) is 0.909. The van der Waals surface area contributed by atoms with E-state index < -0.39 is 0 Å². The van der Waals surface area contributed by atoms with Crippen LogP contribution in [0, 0.1) is 6.92 Å². The molecule has 0 aliphatic rings. The van der Waals surface area contributed by atoms with Gasteiger partial charge in [0.15, 0.2) is 0 Å². The molecule has 1 aromatic carbocycles. The molecule has 1 N–H and O–H groups in total. The summed E-state index contributed by atoms with van der Waals surface area (Å²) >= 11 is 5.96. The Morgan fingerprint density at radius 2 is 2.00 bits per heavy atom. The standard InChI is InChI=1S/C14H16ClN3O/c1-3-19-13-6-12(15)5-4-11(13)9-18-14-16-7-10(2)8-17-14/h4-8H,3,9H2,1-2H3,(H,16,17,18). The SMILES string of the molecule is CCOc1cc(Cl)ccc1CNc1ncc(C)cn1. The van der Waals surface area contributed by atoms with Gasteiger partial charge in [-0.3, -0.25) is 0 Å². The molecule has 2 aromatic rings. The van der Waals surface area contributed by atoms with Crippen molar-refractivity contribution in [1.29, 1.82) is 0 Å². The second-order valence-electron chi connectivity index (χ2n) is 4.12. The van der Waals surface area contributed by atoms with Crippen molar-refractivity contribution in [2.24, 2.45) is 0 Å². The lowest BCUT2D eigenvalue weighted by atomic mass is 10.2. The number of nitrogens with zero attached hydrogens (tertiary/aromatic N) is 2. The summed E-state index contributed by atoms with van der Waals surface area (Å²) in [4.78, 5) is 8.39. The Kier molecular flexibility index (Phi) is 4.58. The monoisotopic (exact) mass is 277 g/mol. The highest BCUT2D eigenvalue weighted by Gasteiger charge is 2.05. The molecule has 100 valence electrons. The number of aryl methyl sites for hydroxylation is 1. The summed E-state index contributed by atoms with van der Waals surface area (Å²) in [6.07, 6.45) is 3.56. The van der Waals surface area contributed by atoms with Crippen molar-refractivity contribution in [1.82, 2.24) is 9.97 Å². The highest BCUT2D eigenvalue weighted by atomic mass is 35.5. The first-order valence-electron chi connectivity index (χ1n) is 6.12. The highest BCUT2D eigenvalue weighted by Crippen LogP contribution is 2.24. The van der Waals surface area contributed by atoms with E-state index in [4.69, 9.17) is 16.3 Å². The van der Waals surface area contributed by atoms with Crippen LogP contribution in [0.4, 0.5) is 5.95 Å². The van der Waals surface area contributed by atoms with Crippen LogP contribution in [0.25, 0.3) is 0 Å². The first kappa shape index (κ1) is 13.6. The number of aromatic nitrogens is 2. The zero-order chi connectivity index (χ0) is 13.7. The topological polar surface area (TPSA) is 47.0 Å². The molecule has 0 radical (unpaired) electrons. The van der Waals surface area contributed by atoms with E-state index in [1.165, 1.54) is 0 Å². The molecule has 0 amide bonds. The van der Waals surface area contributed by atoms with Crippen molar-refractivity contribution in [3.63, 3.8) is 0 Å². The van der Waals surface area contributed by atoms with Gasteiger partial charge in [-0.2, -0.15) is 0 Å². The molecule has 19 heavy (non-hydrogen) atoms. The molecule has 5 heteroatoms. The fourth-order valence-electron chi connectivity index (χ4n) is 1.62. The van der Waals surface area contributed by atoms with Crippen molar-refractivity contribution >= 4 is 17.5 Å². The van der Waals surface area contributed by atoms with E-state index >= 15 is 0 Å². The molecule has 0 spiro atoms. The molecular formula is C14H16ClN3O. The summed E-state index contributed by atoms with van der Waals surface area (Å²) in [5.41, 5.74) is 2.06. The van der Waals surface area contributed by atoms with Crippen LogP contribution in [0.2, 0.25) is 5.02 Å². The third-order valence-corrected chi connectivity index (χ3v) is 2.78. The summed E-state index contributed by atoms with van der Waals surface area (Å²) in [6, 6.07) is 5.60.